The van der Waals surface area contributed by atoms with Crippen molar-refractivity contribution in [3.63, 3.8) is 0 Å². The standard InChI is InChI=1S/C23H17Cl2N3O3/c24-19-20(25)23(31)28(22(19)30)26-21(29)13-9-11-14(12-10-13)27-17-7-3-1-5-15(17)16-6-2-4-8-18(16)27/h1,3,5,7,9-12H,2,4,6,8H2,(H,26,29). The smallest absolute Gasteiger partial charge is 0.293 e. The lowest BCUT2D eigenvalue weighted by Gasteiger charge is -2.17. The van der Waals surface area contributed by atoms with Crippen LogP contribution < -0.4 is 5.43 Å². The first-order chi connectivity index (χ1) is 15.0. The number of hydrogen-bond acceptors (Lipinski definition) is 3. The number of halogens is 2. The highest BCUT2D eigenvalue weighted by Crippen LogP contribution is 2.34. The highest BCUT2D eigenvalue weighted by Gasteiger charge is 2.38. The fourth-order valence-electron chi connectivity index (χ4n) is 4.30. The van der Waals surface area contributed by atoms with Crippen LogP contribution in [0.1, 0.15) is 34.5 Å². The van der Waals surface area contributed by atoms with Crippen LogP contribution in [-0.4, -0.2) is 27.3 Å². The van der Waals surface area contributed by atoms with E-state index in [0.717, 1.165) is 30.5 Å². The number of hydrogen-bond donors (Lipinski definition) is 1. The van der Waals surface area contributed by atoms with Crippen molar-refractivity contribution in [1.29, 1.82) is 0 Å². The van der Waals surface area contributed by atoms with Gasteiger partial charge in [0.1, 0.15) is 10.1 Å². The Labute approximate surface area is 188 Å². The number of nitrogens with one attached hydrogen (secondary N) is 1. The summed E-state index contributed by atoms with van der Waals surface area (Å²) in [7, 11) is 0. The van der Waals surface area contributed by atoms with Crippen LogP contribution in [0.15, 0.2) is 58.6 Å². The molecule has 0 saturated carbocycles. The Morgan fingerprint density at radius 1 is 0.871 bits per heavy atom. The molecule has 2 aromatic carbocycles. The summed E-state index contributed by atoms with van der Waals surface area (Å²) in [6, 6.07) is 15.4. The molecule has 0 atom stereocenters. The number of rotatable bonds is 3. The van der Waals surface area contributed by atoms with Gasteiger partial charge >= 0.3 is 0 Å². The van der Waals surface area contributed by atoms with Crippen LogP contribution in [0.25, 0.3) is 16.6 Å². The summed E-state index contributed by atoms with van der Waals surface area (Å²) in [5.74, 6) is -2.32. The first-order valence-electron chi connectivity index (χ1n) is 9.94. The first-order valence-corrected chi connectivity index (χ1v) is 10.7. The van der Waals surface area contributed by atoms with Crippen molar-refractivity contribution in [2.24, 2.45) is 0 Å². The van der Waals surface area contributed by atoms with Crippen molar-refractivity contribution in [2.75, 3.05) is 0 Å². The molecule has 2 heterocycles. The largest absolute Gasteiger partial charge is 0.313 e. The Balaban J connectivity index is 1.45. The summed E-state index contributed by atoms with van der Waals surface area (Å²) < 4.78 is 2.25. The fraction of sp³-hybridized carbons (Fsp3) is 0.174. The summed E-state index contributed by atoms with van der Waals surface area (Å²) in [5, 5.41) is 0.973. The van der Waals surface area contributed by atoms with Crippen LogP contribution in [0.2, 0.25) is 0 Å². The monoisotopic (exact) mass is 453 g/mol. The highest BCUT2D eigenvalue weighted by molar-refractivity contribution is 6.58. The molecule has 0 unspecified atom stereocenters. The van der Waals surface area contributed by atoms with E-state index in [2.05, 4.69) is 28.2 Å². The van der Waals surface area contributed by atoms with Crippen LogP contribution >= 0.6 is 23.2 Å². The Morgan fingerprint density at radius 3 is 2.23 bits per heavy atom. The molecule has 6 nitrogen and oxygen atoms in total. The second kappa shape index (κ2) is 7.55. The Kier molecular flexibility index (Phi) is 4.84. The third-order valence-corrected chi connectivity index (χ3v) is 6.55. The van der Waals surface area contributed by atoms with E-state index >= 15 is 0 Å². The molecule has 2 aliphatic rings. The van der Waals surface area contributed by atoms with Gasteiger partial charge in [-0.15, -0.1) is 0 Å². The quantitative estimate of drug-likeness (QED) is 0.603. The summed E-state index contributed by atoms with van der Waals surface area (Å²) in [6.45, 7) is 0. The van der Waals surface area contributed by atoms with Crippen LogP contribution in [0.3, 0.4) is 0 Å². The van der Waals surface area contributed by atoms with Crippen molar-refractivity contribution in [2.45, 2.75) is 25.7 Å². The summed E-state index contributed by atoms with van der Waals surface area (Å²) in [6.07, 6.45) is 4.43. The van der Waals surface area contributed by atoms with Gasteiger partial charge < -0.3 is 4.57 Å². The second-order valence-electron chi connectivity index (χ2n) is 7.55. The Hall–Kier alpha value is -3.09. The van der Waals surface area contributed by atoms with E-state index in [-0.39, 0.29) is 0 Å². The van der Waals surface area contributed by atoms with Gasteiger partial charge in [0.25, 0.3) is 17.7 Å². The van der Waals surface area contributed by atoms with Gasteiger partial charge in [-0.05, 0) is 61.6 Å². The number of para-hydroxylation sites is 1. The Bertz CT molecular complexity index is 1270. The predicted molar refractivity (Wildman–Crippen MR) is 118 cm³/mol. The average Bonchev–Trinajstić information content (AvgIpc) is 3.23. The lowest BCUT2D eigenvalue weighted by Crippen LogP contribution is -2.46. The number of nitrogens with zero attached hydrogens (tertiary/aromatic N) is 2. The molecule has 0 saturated heterocycles. The molecular formula is C23H17Cl2N3O3. The topological polar surface area (TPSA) is 71.4 Å². The molecule has 1 aliphatic carbocycles. The number of aryl methyl sites for hydroxylation is 1. The van der Waals surface area contributed by atoms with Gasteiger partial charge in [0, 0.05) is 22.3 Å². The van der Waals surface area contributed by atoms with Crippen LogP contribution in [0.4, 0.5) is 0 Å². The number of aromatic nitrogens is 1. The van der Waals surface area contributed by atoms with E-state index in [1.54, 1.807) is 12.1 Å². The van der Waals surface area contributed by atoms with Gasteiger partial charge in [0.2, 0.25) is 0 Å². The van der Waals surface area contributed by atoms with Crippen molar-refractivity contribution >= 4 is 51.8 Å². The third kappa shape index (κ3) is 3.14. The predicted octanol–water partition coefficient (Wildman–Crippen LogP) is 4.21. The minimum atomic E-state index is -0.855. The summed E-state index contributed by atoms with van der Waals surface area (Å²) in [5.41, 5.74) is 7.38. The molecule has 3 amide bonds. The first kappa shape index (κ1) is 19.8. The molecular weight excluding hydrogens is 437 g/mol. The molecule has 31 heavy (non-hydrogen) atoms. The minimum absolute atomic E-state index is 0.300. The average molecular weight is 454 g/mol. The molecule has 3 aromatic rings. The number of carbonyl (C=O) groups excluding carboxylic acids is 3. The van der Waals surface area contributed by atoms with Gasteiger partial charge in [-0.1, -0.05) is 41.4 Å². The van der Waals surface area contributed by atoms with Crippen molar-refractivity contribution in [3.8, 4) is 5.69 Å². The molecule has 5 rings (SSSR count). The number of hydrazine groups is 1. The maximum Gasteiger partial charge on any atom is 0.293 e. The van der Waals surface area contributed by atoms with E-state index in [1.165, 1.54) is 23.1 Å². The summed E-state index contributed by atoms with van der Waals surface area (Å²) in [4.78, 5) is 36.5. The lowest BCUT2D eigenvalue weighted by atomic mass is 9.95. The SMILES string of the molecule is O=C(NN1C(=O)C(Cl)=C(Cl)C1=O)c1ccc(-n2c3c(c4ccccc42)CCCC3)cc1. The maximum atomic E-state index is 12.6. The molecule has 0 spiro atoms. The van der Waals surface area contributed by atoms with Gasteiger partial charge in [0.05, 0.1) is 5.52 Å². The lowest BCUT2D eigenvalue weighted by molar-refractivity contribution is -0.139. The number of carbonyl (C=O) groups is 3. The van der Waals surface area contributed by atoms with Gasteiger partial charge in [-0.2, -0.15) is 5.01 Å². The maximum absolute atomic E-state index is 12.6. The van der Waals surface area contributed by atoms with Crippen LogP contribution in [0.5, 0.6) is 0 Å². The van der Waals surface area contributed by atoms with E-state index in [9.17, 15) is 14.4 Å². The Morgan fingerprint density at radius 2 is 1.52 bits per heavy atom. The number of amides is 3. The highest BCUT2D eigenvalue weighted by atomic mass is 35.5. The number of benzene rings is 2. The molecule has 0 bridgehead atoms. The molecule has 0 fully saturated rings. The third-order valence-electron chi connectivity index (χ3n) is 5.75. The van der Waals surface area contributed by atoms with Crippen molar-refractivity contribution in [3.05, 3.63) is 75.4 Å². The minimum Gasteiger partial charge on any atom is -0.313 e. The zero-order chi connectivity index (χ0) is 21.7. The van der Waals surface area contributed by atoms with Crippen LogP contribution in [0, 0.1) is 0 Å². The normalized spacial score (nSPS) is 16.3. The molecule has 156 valence electrons. The second-order valence-corrected chi connectivity index (χ2v) is 8.30. The van der Waals surface area contributed by atoms with E-state index in [4.69, 9.17) is 23.2 Å². The van der Waals surface area contributed by atoms with Crippen molar-refractivity contribution in [1.82, 2.24) is 15.0 Å². The van der Waals surface area contributed by atoms with Crippen molar-refractivity contribution < 1.29 is 14.4 Å². The summed E-state index contributed by atoms with van der Waals surface area (Å²) >= 11 is 11.4. The van der Waals surface area contributed by atoms with E-state index in [1.807, 2.05) is 18.2 Å². The molecule has 1 aliphatic heterocycles. The molecule has 1 N–H and O–H groups in total. The van der Waals surface area contributed by atoms with Gasteiger partial charge in [-0.3, -0.25) is 19.8 Å². The van der Waals surface area contributed by atoms with E-state index < -0.39 is 27.8 Å². The molecule has 1 aromatic heterocycles. The van der Waals surface area contributed by atoms with Gasteiger partial charge in [0.15, 0.2) is 0 Å². The fourth-order valence-corrected chi connectivity index (χ4v) is 4.63. The zero-order valence-corrected chi connectivity index (χ0v) is 17.8. The molecule has 0 radical (unpaired) electrons. The van der Waals surface area contributed by atoms with Gasteiger partial charge in [-0.25, -0.2) is 0 Å². The zero-order valence-electron chi connectivity index (χ0n) is 16.3. The number of imide groups is 1. The van der Waals surface area contributed by atoms with Crippen LogP contribution in [-0.2, 0) is 22.4 Å². The molecule has 8 heteroatoms. The number of fused-ring (bicyclic) bond motifs is 3. The van der Waals surface area contributed by atoms with E-state index in [0.29, 0.717) is 10.6 Å².